The minimum atomic E-state index is -0.233. The highest BCUT2D eigenvalue weighted by atomic mass is 16.2. The van der Waals surface area contributed by atoms with E-state index in [0.717, 1.165) is 29.6 Å². The number of hydrogen-bond acceptors (Lipinski definition) is 3. The van der Waals surface area contributed by atoms with Crippen LogP contribution in [0.5, 0.6) is 0 Å². The van der Waals surface area contributed by atoms with Crippen molar-refractivity contribution in [3.05, 3.63) is 36.0 Å². The number of amides is 1. The molecule has 1 aromatic carbocycles. The Morgan fingerprint density at radius 2 is 1.95 bits per heavy atom. The molecule has 4 nitrogen and oxygen atoms in total. The first kappa shape index (κ1) is 15.3. The molecule has 0 fully saturated rings. The zero-order valence-electron chi connectivity index (χ0n) is 13.2. The first-order chi connectivity index (χ1) is 9.96. The summed E-state index contributed by atoms with van der Waals surface area (Å²) in [5, 5.41) is 7.36. The molecule has 0 aliphatic rings. The number of pyridine rings is 1. The normalized spacial score (nSPS) is 11.4. The molecule has 1 aromatic heterocycles. The molecule has 1 amide bonds. The molecule has 0 saturated heterocycles. The first-order valence-corrected chi connectivity index (χ1v) is 7.43. The van der Waals surface area contributed by atoms with Gasteiger partial charge < -0.3 is 10.6 Å². The molecule has 0 aliphatic carbocycles. The maximum atomic E-state index is 12.4. The number of carbonyl (C=O) groups excluding carboxylic acids is 1. The fraction of sp³-hybridized carbons (Fsp3) is 0.412. The fourth-order valence-electron chi connectivity index (χ4n) is 2.09. The van der Waals surface area contributed by atoms with E-state index in [9.17, 15) is 4.79 Å². The zero-order chi connectivity index (χ0) is 15.5. The van der Waals surface area contributed by atoms with E-state index in [1.54, 1.807) is 0 Å². The first-order valence-electron chi connectivity index (χ1n) is 7.43. The number of benzene rings is 1. The summed E-state index contributed by atoms with van der Waals surface area (Å²) in [7, 11) is 0. The lowest BCUT2D eigenvalue weighted by molar-refractivity contribution is 0.0906. The lowest BCUT2D eigenvalue weighted by Crippen LogP contribution is -2.43. The van der Waals surface area contributed by atoms with E-state index in [2.05, 4.69) is 22.5 Å². The predicted octanol–water partition coefficient (Wildman–Crippen LogP) is 3.59. The van der Waals surface area contributed by atoms with Crippen LogP contribution in [-0.2, 0) is 0 Å². The Morgan fingerprint density at radius 1 is 1.24 bits per heavy atom. The van der Waals surface area contributed by atoms with Gasteiger partial charge in [0.25, 0.3) is 5.91 Å². The molecule has 2 rings (SSSR count). The van der Waals surface area contributed by atoms with Crippen LogP contribution in [0.15, 0.2) is 30.3 Å². The summed E-state index contributed by atoms with van der Waals surface area (Å²) in [6.07, 6.45) is 0.867. The fourth-order valence-corrected chi connectivity index (χ4v) is 2.09. The number of nitrogens with zero attached hydrogens (tertiary/aromatic N) is 1. The monoisotopic (exact) mass is 285 g/mol. The van der Waals surface area contributed by atoms with Crippen LogP contribution in [0.1, 0.15) is 44.6 Å². The number of aromatic nitrogens is 1. The third-order valence-corrected chi connectivity index (χ3v) is 3.65. The molecule has 0 spiro atoms. The van der Waals surface area contributed by atoms with Crippen LogP contribution >= 0.6 is 0 Å². The van der Waals surface area contributed by atoms with Gasteiger partial charge in [0.05, 0.1) is 5.52 Å². The molecule has 112 valence electrons. The maximum Gasteiger partial charge on any atom is 0.270 e. The maximum absolute atomic E-state index is 12.4. The minimum absolute atomic E-state index is 0.133. The number of anilines is 1. The van der Waals surface area contributed by atoms with E-state index in [4.69, 9.17) is 0 Å². The van der Waals surface area contributed by atoms with E-state index in [1.807, 2.05) is 51.1 Å². The second-order valence-electron chi connectivity index (χ2n) is 5.79. The number of carbonyl (C=O) groups is 1. The molecule has 4 heteroatoms. The Balaban J connectivity index is 2.42. The van der Waals surface area contributed by atoms with Gasteiger partial charge in [0, 0.05) is 23.2 Å². The molecular weight excluding hydrogens is 262 g/mol. The minimum Gasteiger partial charge on any atom is -0.385 e. The van der Waals surface area contributed by atoms with Gasteiger partial charge in [-0.2, -0.15) is 0 Å². The highest BCUT2D eigenvalue weighted by Crippen LogP contribution is 2.23. The third-order valence-electron chi connectivity index (χ3n) is 3.65. The zero-order valence-corrected chi connectivity index (χ0v) is 13.2. The molecule has 1 heterocycles. The van der Waals surface area contributed by atoms with Crippen molar-refractivity contribution in [3.8, 4) is 0 Å². The Bertz CT molecular complexity index is 650. The molecule has 0 saturated carbocycles. The second kappa shape index (κ2) is 6.12. The van der Waals surface area contributed by atoms with E-state index < -0.39 is 0 Å². The summed E-state index contributed by atoms with van der Waals surface area (Å²) in [4.78, 5) is 16.9. The van der Waals surface area contributed by atoms with Crippen molar-refractivity contribution in [1.29, 1.82) is 0 Å². The van der Waals surface area contributed by atoms with Gasteiger partial charge in [-0.1, -0.05) is 25.1 Å². The van der Waals surface area contributed by atoms with Crippen molar-refractivity contribution in [2.75, 3.05) is 11.9 Å². The van der Waals surface area contributed by atoms with Crippen molar-refractivity contribution in [3.63, 3.8) is 0 Å². The van der Waals surface area contributed by atoms with Gasteiger partial charge in [-0.05, 0) is 39.3 Å². The number of rotatable bonds is 5. The van der Waals surface area contributed by atoms with Gasteiger partial charge in [0.2, 0.25) is 0 Å². The van der Waals surface area contributed by atoms with Gasteiger partial charge in [-0.15, -0.1) is 0 Å². The van der Waals surface area contributed by atoms with Crippen molar-refractivity contribution >= 4 is 22.5 Å². The van der Waals surface area contributed by atoms with Gasteiger partial charge in [-0.3, -0.25) is 4.79 Å². The molecule has 0 bridgehead atoms. The molecule has 0 atom stereocenters. The Kier molecular flexibility index (Phi) is 4.46. The SMILES string of the molecule is CCNc1cc(C(=O)NC(C)(C)CC)nc2ccccc12. The van der Waals surface area contributed by atoms with E-state index in [0.29, 0.717) is 5.69 Å². The summed E-state index contributed by atoms with van der Waals surface area (Å²) in [6, 6.07) is 9.68. The lowest BCUT2D eigenvalue weighted by atomic mass is 10.0. The lowest BCUT2D eigenvalue weighted by Gasteiger charge is -2.24. The molecule has 0 radical (unpaired) electrons. The van der Waals surface area contributed by atoms with Gasteiger partial charge in [0.1, 0.15) is 5.69 Å². The van der Waals surface area contributed by atoms with Crippen molar-refractivity contribution in [2.24, 2.45) is 0 Å². The summed E-state index contributed by atoms with van der Waals surface area (Å²) >= 11 is 0. The molecular formula is C17H23N3O. The second-order valence-corrected chi connectivity index (χ2v) is 5.79. The highest BCUT2D eigenvalue weighted by Gasteiger charge is 2.20. The quantitative estimate of drug-likeness (QED) is 0.882. The van der Waals surface area contributed by atoms with E-state index in [-0.39, 0.29) is 11.4 Å². The van der Waals surface area contributed by atoms with E-state index in [1.165, 1.54) is 0 Å². The van der Waals surface area contributed by atoms with Crippen LogP contribution in [-0.4, -0.2) is 23.0 Å². The van der Waals surface area contributed by atoms with Gasteiger partial charge >= 0.3 is 0 Å². The Hall–Kier alpha value is -2.10. The predicted molar refractivity (Wildman–Crippen MR) is 87.7 cm³/mol. The average Bonchev–Trinajstić information content (AvgIpc) is 2.47. The number of fused-ring (bicyclic) bond motifs is 1. The number of para-hydroxylation sites is 1. The van der Waals surface area contributed by atoms with Crippen LogP contribution in [0.4, 0.5) is 5.69 Å². The summed E-state index contributed by atoms with van der Waals surface area (Å²) in [5.41, 5.74) is 1.99. The van der Waals surface area contributed by atoms with Crippen LogP contribution in [0.3, 0.4) is 0 Å². The van der Waals surface area contributed by atoms with Crippen molar-refractivity contribution < 1.29 is 4.79 Å². The molecule has 2 aromatic rings. The van der Waals surface area contributed by atoms with Crippen molar-refractivity contribution in [1.82, 2.24) is 10.3 Å². The van der Waals surface area contributed by atoms with Crippen molar-refractivity contribution in [2.45, 2.75) is 39.7 Å². The Morgan fingerprint density at radius 3 is 2.62 bits per heavy atom. The van der Waals surface area contributed by atoms with Crippen LogP contribution < -0.4 is 10.6 Å². The average molecular weight is 285 g/mol. The van der Waals surface area contributed by atoms with Gasteiger partial charge in [0.15, 0.2) is 0 Å². The topological polar surface area (TPSA) is 54.0 Å². The smallest absolute Gasteiger partial charge is 0.270 e. The largest absolute Gasteiger partial charge is 0.385 e. The molecule has 0 aliphatic heterocycles. The Labute approximate surface area is 126 Å². The molecule has 2 N–H and O–H groups in total. The van der Waals surface area contributed by atoms with Crippen LogP contribution in [0.2, 0.25) is 0 Å². The summed E-state index contributed by atoms with van der Waals surface area (Å²) < 4.78 is 0. The highest BCUT2D eigenvalue weighted by molar-refractivity contribution is 6.00. The van der Waals surface area contributed by atoms with Crippen LogP contribution in [0, 0.1) is 0 Å². The molecule has 21 heavy (non-hydrogen) atoms. The summed E-state index contributed by atoms with van der Waals surface area (Å²) in [5.74, 6) is -0.133. The third kappa shape index (κ3) is 3.51. The van der Waals surface area contributed by atoms with Gasteiger partial charge in [-0.25, -0.2) is 4.98 Å². The number of nitrogens with one attached hydrogen (secondary N) is 2. The standard InChI is InChI=1S/C17H23N3O/c1-5-17(3,4)20-16(21)15-11-14(18-6-2)12-9-7-8-10-13(12)19-15/h7-11H,5-6H2,1-4H3,(H,18,19)(H,20,21). The van der Waals surface area contributed by atoms with Crippen LogP contribution in [0.25, 0.3) is 10.9 Å². The summed E-state index contributed by atoms with van der Waals surface area (Å²) in [6.45, 7) is 8.91. The molecule has 0 unspecified atom stereocenters. The van der Waals surface area contributed by atoms with E-state index >= 15 is 0 Å². The number of hydrogen-bond donors (Lipinski definition) is 2.